The van der Waals surface area contributed by atoms with E-state index in [-0.39, 0.29) is 11.9 Å². The van der Waals surface area contributed by atoms with Gasteiger partial charge in [-0.15, -0.1) is 0 Å². The molecule has 2 aliphatic heterocycles. The summed E-state index contributed by atoms with van der Waals surface area (Å²) in [6.45, 7) is 11.5. The Labute approximate surface area is 168 Å². The summed E-state index contributed by atoms with van der Waals surface area (Å²) in [5.74, 6) is 0.962. The molecule has 2 N–H and O–H groups in total. The minimum atomic E-state index is -0.0149. The van der Waals surface area contributed by atoms with E-state index < -0.39 is 0 Å². The van der Waals surface area contributed by atoms with E-state index in [2.05, 4.69) is 29.4 Å². The Bertz CT molecular complexity index is 680. The van der Waals surface area contributed by atoms with Gasteiger partial charge in [0, 0.05) is 43.3 Å². The zero-order valence-electron chi connectivity index (χ0n) is 17.5. The number of aliphatic imine (C=N–C) groups is 1. The Morgan fingerprint density at radius 1 is 1.29 bits per heavy atom. The second-order valence-electron chi connectivity index (χ2n) is 8.12. The average molecular weight is 387 g/mol. The van der Waals surface area contributed by atoms with Crippen LogP contribution in [0.4, 0.5) is 0 Å². The lowest BCUT2D eigenvalue weighted by molar-refractivity contribution is 0.0939. The van der Waals surface area contributed by atoms with Crippen molar-refractivity contribution < 1.29 is 9.53 Å². The molecule has 0 radical (unpaired) electrons. The molecule has 2 atom stereocenters. The second kappa shape index (κ2) is 9.41. The summed E-state index contributed by atoms with van der Waals surface area (Å²) < 4.78 is 5.64. The Kier molecular flexibility index (Phi) is 6.94. The van der Waals surface area contributed by atoms with Gasteiger partial charge in [0.05, 0.1) is 13.2 Å². The molecule has 28 heavy (non-hydrogen) atoms. The van der Waals surface area contributed by atoms with Gasteiger partial charge in [-0.25, -0.2) is 4.99 Å². The summed E-state index contributed by atoms with van der Waals surface area (Å²) >= 11 is 0. The number of ether oxygens (including phenoxy) is 1. The van der Waals surface area contributed by atoms with Crippen LogP contribution in [0, 0.1) is 5.41 Å². The Morgan fingerprint density at radius 2 is 2.07 bits per heavy atom. The number of likely N-dealkylation sites (tertiary alicyclic amines) is 1. The minimum absolute atomic E-state index is 0.0149. The number of hydrogen-bond donors (Lipinski definition) is 2. The Morgan fingerprint density at radius 3 is 2.71 bits per heavy atom. The average Bonchev–Trinajstić information content (AvgIpc) is 3.35. The highest BCUT2D eigenvalue weighted by molar-refractivity contribution is 5.94. The van der Waals surface area contributed by atoms with Gasteiger partial charge in [0.1, 0.15) is 0 Å². The van der Waals surface area contributed by atoms with Crippen LogP contribution in [0.2, 0.25) is 0 Å². The van der Waals surface area contributed by atoms with E-state index in [1.807, 2.05) is 31.2 Å². The molecule has 154 valence electrons. The predicted molar refractivity (Wildman–Crippen MR) is 113 cm³/mol. The summed E-state index contributed by atoms with van der Waals surface area (Å²) in [5, 5.41) is 6.43. The zero-order chi connectivity index (χ0) is 20.0. The van der Waals surface area contributed by atoms with Gasteiger partial charge < -0.3 is 20.3 Å². The van der Waals surface area contributed by atoms with Crippen LogP contribution < -0.4 is 10.6 Å². The fourth-order valence-electron chi connectivity index (χ4n) is 3.85. The van der Waals surface area contributed by atoms with Crippen LogP contribution in [0.1, 0.15) is 56.0 Å². The third-order valence-electron chi connectivity index (χ3n) is 5.88. The van der Waals surface area contributed by atoms with Crippen LogP contribution in [0.3, 0.4) is 0 Å². The maximum absolute atomic E-state index is 12.2. The Balaban J connectivity index is 1.61. The van der Waals surface area contributed by atoms with Gasteiger partial charge in [0.15, 0.2) is 5.96 Å². The first-order valence-electron chi connectivity index (χ1n) is 10.6. The summed E-state index contributed by atoms with van der Waals surface area (Å²) in [7, 11) is 0. The lowest BCUT2D eigenvalue weighted by Gasteiger charge is -2.25. The van der Waals surface area contributed by atoms with Crippen molar-refractivity contribution in [3.63, 3.8) is 0 Å². The number of benzene rings is 1. The molecule has 2 unspecified atom stereocenters. The molecule has 0 bridgehead atoms. The Hall–Kier alpha value is -2.08. The van der Waals surface area contributed by atoms with Crippen molar-refractivity contribution in [2.24, 2.45) is 10.4 Å². The summed E-state index contributed by atoms with van der Waals surface area (Å²) in [6.07, 6.45) is 3.26. The van der Waals surface area contributed by atoms with Crippen LogP contribution in [-0.2, 0) is 11.3 Å². The third-order valence-corrected chi connectivity index (χ3v) is 5.88. The van der Waals surface area contributed by atoms with Crippen molar-refractivity contribution in [2.75, 3.05) is 32.8 Å². The lowest BCUT2D eigenvalue weighted by atomic mass is 9.87. The molecule has 6 nitrogen and oxygen atoms in total. The molecule has 2 heterocycles. The van der Waals surface area contributed by atoms with E-state index in [9.17, 15) is 4.79 Å². The van der Waals surface area contributed by atoms with E-state index in [0.717, 1.165) is 57.2 Å². The first-order valence-corrected chi connectivity index (χ1v) is 10.6. The van der Waals surface area contributed by atoms with Crippen LogP contribution in [0.5, 0.6) is 0 Å². The number of nitrogens with zero attached hydrogens (tertiary/aromatic N) is 2. The predicted octanol–water partition coefficient (Wildman–Crippen LogP) is 2.79. The zero-order valence-corrected chi connectivity index (χ0v) is 17.5. The fourth-order valence-corrected chi connectivity index (χ4v) is 3.85. The van der Waals surface area contributed by atoms with Crippen molar-refractivity contribution in [1.82, 2.24) is 15.5 Å². The quantitative estimate of drug-likeness (QED) is 0.583. The largest absolute Gasteiger partial charge is 0.381 e. The highest BCUT2D eigenvalue weighted by atomic mass is 16.5. The molecular formula is C22H34N4O2. The second-order valence-corrected chi connectivity index (χ2v) is 8.12. The number of carbonyl (C=O) groups is 1. The smallest absolute Gasteiger partial charge is 0.251 e. The first kappa shape index (κ1) is 20.6. The van der Waals surface area contributed by atoms with Crippen molar-refractivity contribution in [3.05, 3.63) is 35.4 Å². The normalized spacial score (nSPS) is 23.2. The summed E-state index contributed by atoms with van der Waals surface area (Å²) in [5.41, 5.74) is 2.12. The van der Waals surface area contributed by atoms with Crippen LogP contribution >= 0.6 is 0 Å². The monoisotopic (exact) mass is 386 g/mol. The number of hydrogen-bond acceptors (Lipinski definition) is 3. The molecule has 1 aromatic carbocycles. The number of amides is 1. The molecule has 1 amide bonds. The molecule has 0 aromatic heterocycles. The molecule has 0 aliphatic carbocycles. The van der Waals surface area contributed by atoms with Crippen molar-refractivity contribution in [3.8, 4) is 0 Å². The maximum Gasteiger partial charge on any atom is 0.251 e. The number of carbonyl (C=O) groups excluding carboxylic acids is 1. The van der Waals surface area contributed by atoms with Gasteiger partial charge in [-0.1, -0.05) is 19.1 Å². The van der Waals surface area contributed by atoms with E-state index in [0.29, 0.717) is 17.5 Å². The van der Waals surface area contributed by atoms with Crippen LogP contribution in [-0.4, -0.2) is 55.7 Å². The van der Waals surface area contributed by atoms with Gasteiger partial charge in [-0.05, 0) is 50.8 Å². The highest BCUT2D eigenvalue weighted by Gasteiger charge is 2.42. The minimum Gasteiger partial charge on any atom is -0.381 e. The van der Waals surface area contributed by atoms with E-state index in [1.54, 1.807) is 0 Å². The number of rotatable bonds is 6. The van der Waals surface area contributed by atoms with Crippen LogP contribution in [0.25, 0.3) is 0 Å². The van der Waals surface area contributed by atoms with Crippen LogP contribution in [0.15, 0.2) is 29.3 Å². The lowest BCUT2D eigenvalue weighted by Crippen LogP contribution is -2.41. The molecule has 3 rings (SSSR count). The molecule has 0 saturated carbocycles. The standard InChI is InChI=1S/C22H34N4O2/c1-4-17(3)25-20(27)19-8-6-18(7-9-19)14-24-21(23-5-2)26-12-10-22(15-26)11-13-28-16-22/h6-9,17H,4-5,10-16H2,1-3H3,(H,23,24)(H,25,27). The fraction of sp³-hybridized carbons (Fsp3) is 0.636. The van der Waals surface area contributed by atoms with E-state index in [1.165, 1.54) is 6.42 Å². The first-order chi connectivity index (χ1) is 13.5. The van der Waals surface area contributed by atoms with Gasteiger partial charge in [-0.2, -0.15) is 0 Å². The van der Waals surface area contributed by atoms with Gasteiger partial charge in [0.2, 0.25) is 0 Å². The van der Waals surface area contributed by atoms with Gasteiger partial charge >= 0.3 is 0 Å². The number of guanidine groups is 1. The van der Waals surface area contributed by atoms with E-state index >= 15 is 0 Å². The van der Waals surface area contributed by atoms with Crippen molar-refractivity contribution in [2.45, 2.75) is 52.6 Å². The molecular weight excluding hydrogens is 352 g/mol. The SMILES string of the molecule is CCNC(=NCc1ccc(C(=O)NC(C)CC)cc1)N1CCC2(CCOC2)C1. The van der Waals surface area contributed by atoms with E-state index in [4.69, 9.17) is 9.73 Å². The van der Waals surface area contributed by atoms with Gasteiger partial charge in [-0.3, -0.25) is 4.79 Å². The number of nitrogens with one attached hydrogen (secondary N) is 2. The third kappa shape index (κ3) is 5.04. The van der Waals surface area contributed by atoms with Gasteiger partial charge in [0.25, 0.3) is 5.91 Å². The molecule has 2 saturated heterocycles. The van der Waals surface area contributed by atoms with Crippen molar-refractivity contribution in [1.29, 1.82) is 0 Å². The molecule has 2 aliphatic rings. The highest BCUT2D eigenvalue weighted by Crippen LogP contribution is 2.38. The molecule has 2 fully saturated rings. The van der Waals surface area contributed by atoms with Crippen molar-refractivity contribution >= 4 is 11.9 Å². The summed E-state index contributed by atoms with van der Waals surface area (Å²) in [4.78, 5) is 19.4. The molecule has 1 spiro atoms. The molecule has 6 heteroatoms. The summed E-state index contributed by atoms with van der Waals surface area (Å²) in [6, 6.07) is 7.95. The molecule has 1 aromatic rings. The topological polar surface area (TPSA) is 66.0 Å². The maximum atomic E-state index is 12.2.